The molecule has 1 amide bonds. The van der Waals surface area contributed by atoms with E-state index in [1.54, 1.807) is 12.6 Å². The van der Waals surface area contributed by atoms with Crippen LogP contribution in [0.5, 0.6) is 0 Å². The van der Waals surface area contributed by atoms with Crippen molar-refractivity contribution in [2.45, 2.75) is 22.7 Å². The first-order chi connectivity index (χ1) is 7.69. The molecule has 1 heterocycles. The van der Waals surface area contributed by atoms with Gasteiger partial charge in [0.25, 0.3) is 0 Å². The monoisotopic (exact) mass is 258 g/mol. The quantitative estimate of drug-likeness (QED) is 0.726. The molecule has 1 fully saturated rings. The van der Waals surface area contributed by atoms with Gasteiger partial charge in [-0.15, -0.1) is 10.2 Å². The fourth-order valence-electron chi connectivity index (χ4n) is 1.77. The van der Waals surface area contributed by atoms with E-state index in [9.17, 15) is 4.79 Å². The summed E-state index contributed by atoms with van der Waals surface area (Å²) in [4.78, 5) is 11.6. The summed E-state index contributed by atoms with van der Waals surface area (Å²) in [5.74, 6) is 0.725. The molecule has 0 bridgehead atoms. The van der Waals surface area contributed by atoms with Crippen LogP contribution in [0.25, 0.3) is 0 Å². The number of carbonyl (C=O) groups excluding carboxylic acids is 1. The van der Waals surface area contributed by atoms with E-state index in [0.717, 1.165) is 17.2 Å². The van der Waals surface area contributed by atoms with Crippen LogP contribution in [-0.2, 0) is 4.79 Å². The molecule has 1 unspecified atom stereocenters. The van der Waals surface area contributed by atoms with Crippen LogP contribution >= 0.6 is 23.1 Å². The zero-order valence-electron chi connectivity index (χ0n) is 8.97. The number of primary amides is 1. The Hall–Kier alpha value is -0.660. The number of nitrogens with two attached hydrogens (primary N) is 1. The largest absolute Gasteiger partial charge is 0.368 e. The van der Waals surface area contributed by atoms with Crippen LogP contribution in [0, 0.1) is 5.92 Å². The summed E-state index contributed by atoms with van der Waals surface area (Å²) in [5.41, 5.74) is 6.61. The minimum Gasteiger partial charge on any atom is -0.368 e. The van der Waals surface area contributed by atoms with Gasteiger partial charge in [-0.05, 0) is 25.8 Å². The number of hydrogen-bond acceptors (Lipinski definition) is 6. The average molecular weight is 258 g/mol. The molecule has 7 heteroatoms. The SMILES string of the molecule is CNC(CSc1nncs1)(C(N)=O)C1CC1. The third kappa shape index (κ3) is 2.21. The summed E-state index contributed by atoms with van der Waals surface area (Å²) in [6, 6.07) is 0. The molecule has 1 aliphatic rings. The fourth-order valence-corrected chi connectivity index (χ4v) is 3.60. The van der Waals surface area contributed by atoms with E-state index >= 15 is 0 Å². The third-order valence-electron chi connectivity index (χ3n) is 2.92. The second kappa shape index (κ2) is 4.68. The summed E-state index contributed by atoms with van der Waals surface area (Å²) < 4.78 is 0.876. The summed E-state index contributed by atoms with van der Waals surface area (Å²) in [5, 5.41) is 10.8. The highest BCUT2D eigenvalue weighted by molar-refractivity contribution is 8.01. The van der Waals surface area contributed by atoms with Crippen molar-refractivity contribution in [1.82, 2.24) is 15.5 Å². The zero-order valence-corrected chi connectivity index (χ0v) is 10.6. The zero-order chi connectivity index (χ0) is 11.6. The number of hydrogen-bond donors (Lipinski definition) is 2. The highest BCUT2D eigenvalue weighted by atomic mass is 32.2. The Morgan fingerprint density at radius 2 is 2.56 bits per heavy atom. The molecule has 0 aliphatic heterocycles. The maximum atomic E-state index is 11.6. The summed E-state index contributed by atoms with van der Waals surface area (Å²) in [6.07, 6.45) is 2.14. The van der Waals surface area contributed by atoms with E-state index in [1.165, 1.54) is 23.1 Å². The van der Waals surface area contributed by atoms with Gasteiger partial charge in [0.2, 0.25) is 5.91 Å². The smallest absolute Gasteiger partial charge is 0.238 e. The van der Waals surface area contributed by atoms with Crippen LogP contribution in [-0.4, -0.2) is 34.4 Å². The van der Waals surface area contributed by atoms with Gasteiger partial charge in [0.05, 0.1) is 0 Å². The van der Waals surface area contributed by atoms with Gasteiger partial charge < -0.3 is 11.1 Å². The third-order valence-corrected chi connectivity index (χ3v) is 4.98. The van der Waals surface area contributed by atoms with Crippen molar-refractivity contribution in [3.8, 4) is 0 Å². The topological polar surface area (TPSA) is 80.9 Å². The Labute approximate surface area is 102 Å². The van der Waals surface area contributed by atoms with Gasteiger partial charge in [-0.25, -0.2) is 0 Å². The minimum atomic E-state index is -0.587. The molecule has 1 atom stereocenters. The Morgan fingerprint density at radius 3 is 3.00 bits per heavy atom. The van der Waals surface area contributed by atoms with Crippen LogP contribution in [0.1, 0.15) is 12.8 Å². The molecule has 1 aromatic heterocycles. The van der Waals surface area contributed by atoms with Gasteiger partial charge >= 0.3 is 0 Å². The van der Waals surface area contributed by atoms with Gasteiger partial charge in [0.15, 0.2) is 4.34 Å². The van der Waals surface area contributed by atoms with E-state index in [4.69, 9.17) is 5.73 Å². The number of likely N-dealkylation sites (N-methyl/N-ethyl adjacent to an activating group) is 1. The number of rotatable bonds is 6. The normalized spacial score (nSPS) is 19.3. The number of amides is 1. The van der Waals surface area contributed by atoms with E-state index < -0.39 is 5.54 Å². The van der Waals surface area contributed by atoms with Crippen LogP contribution in [0.3, 0.4) is 0 Å². The van der Waals surface area contributed by atoms with Gasteiger partial charge in [0, 0.05) is 5.75 Å². The van der Waals surface area contributed by atoms with Crippen LogP contribution in [0.4, 0.5) is 0 Å². The predicted octanol–water partition coefficient (Wildman–Crippen LogP) is 0.484. The summed E-state index contributed by atoms with van der Waals surface area (Å²) in [6.45, 7) is 0. The standard InChI is InChI=1S/C9H14N4OS2/c1-11-9(7(10)14,6-2-3-6)4-15-8-13-12-5-16-8/h5-6,11H,2-4H2,1H3,(H2,10,14). The maximum Gasteiger partial charge on any atom is 0.238 e. The van der Waals surface area contributed by atoms with Crippen LogP contribution in [0.2, 0.25) is 0 Å². The lowest BCUT2D eigenvalue weighted by Crippen LogP contribution is -2.57. The number of carbonyl (C=O) groups is 1. The Morgan fingerprint density at radius 1 is 1.81 bits per heavy atom. The molecule has 16 heavy (non-hydrogen) atoms. The van der Waals surface area contributed by atoms with Crippen molar-refractivity contribution in [1.29, 1.82) is 0 Å². The molecule has 0 aromatic carbocycles. The molecule has 1 saturated carbocycles. The number of thioether (sulfide) groups is 1. The van der Waals surface area contributed by atoms with Gasteiger partial charge in [0.1, 0.15) is 11.0 Å². The van der Waals surface area contributed by atoms with E-state index in [2.05, 4.69) is 15.5 Å². The molecule has 1 aliphatic carbocycles. The van der Waals surface area contributed by atoms with Crippen molar-refractivity contribution in [2.75, 3.05) is 12.8 Å². The highest BCUT2D eigenvalue weighted by Crippen LogP contribution is 2.42. The van der Waals surface area contributed by atoms with Gasteiger partial charge in [-0.2, -0.15) is 0 Å². The Balaban J connectivity index is 2.04. The molecular weight excluding hydrogens is 244 g/mol. The van der Waals surface area contributed by atoms with E-state index in [1.807, 2.05) is 0 Å². The molecule has 2 rings (SSSR count). The van der Waals surface area contributed by atoms with E-state index in [0.29, 0.717) is 11.7 Å². The van der Waals surface area contributed by atoms with Crippen molar-refractivity contribution in [3.63, 3.8) is 0 Å². The molecule has 0 radical (unpaired) electrons. The minimum absolute atomic E-state index is 0.269. The van der Waals surface area contributed by atoms with Crippen molar-refractivity contribution < 1.29 is 4.79 Å². The number of aromatic nitrogens is 2. The van der Waals surface area contributed by atoms with Crippen molar-refractivity contribution in [2.24, 2.45) is 11.7 Å². The highest BCUT2D eigenvalue weighted by Gasteiger charge is 2.48. The van der Waals surface area contributed by atoms with Crippen molar-refractivity contribution in [3.05, 3.63) is 5.51 Å². The lowest BCUT2D eigenvalue weighted by Gasteiger charge is -2.29. The summed E-state index contributed by atoms with van der Waals surface area (Å²) in [7, 11) is 1.80. The van der Waals surface area contributed by atoms with Gasteiger partial charge in [-0.3, -0.25) is 4.79 Å². The fraction of sp³-hybridized carbons (Fsp3) is 0.667. The Kier molecular flexibility index (Phi) is 3.46. The van der Waals surface area contributed by atoms with Crippen LogP contribution in [0.15, 0.2) is 9.85 Å². The average Bonchev–Trinajstić information content (AvgIpc) is 2.97. The maximum absolute atomic E-state index is 11.6. The lowest BCUT2D eigenvalue weighted by molar-refractivity contribution is -0.124. The molecule has 5 nitrogen and oxygen atoms in total. The van der Waals surface area contributed by atoms with E-state index in [-0.39, 0.29) is 5.91 Å². The lowest BCUT2D eigenvalue weighted by atomic mass is 9.95. The molecule has 88 valence electrons. The number of nitrogens with zero attached hydrogens (tertiary/aromatic N) is 2. The first-order valence-electron chi connectivity index (χ1n) is 5.07. The molecule has 1 aromatic rings. The predicted molar refractivity (Wildman–Crippen MR) is 64.3 cm³/mol. The second-order valence-corrected chi connectivity index (χ2v) is 5.91. The van der Waals surface area contributed by atoms with Crippen LogP contribution < -0.4 is 11.1 Å². The first kappa shape index (κ1) is 11.8. The second-order valence-electron chi connectivity index (χ2n) is 3.85. The van der Waals surface area contributed by atoms with Gasteiger partial charge in [-0.1, -0.05) is 23.1 Å². The molecule has 0 spiro atoms. The van der Waals surface area contributed by atoms with Crippen molar-refractivity contribution >= 4 is 29.0 Å². The number of nitrogens with one attached hydrogen (secondary N) is 1. The molecule has 3 N–H and O–H groups in total. The molecule has 0 saturated heterocycles. The molecular formula is C9H14N4OS2. The summed E-state index contributed by atoms with van der Waals surface area (Å²) >= 11 is 3.02. The Bertz CT molecular complexity index is 366. The first-order valence-corrected chi connectivity index (χ1v) is 6.93.